The molecule has 120 valence electrons. The van der Waals surface area contributed by atoms with Crippen LogP contribution in [0, 0.1) is 0 Å². The lowest BCUT2D eigenvalue weighted by Crippen LogP contribution is -2.13. The molecule has 0 amide bonds. The Kier molecular flexibility index (Phi) is 5.20. The summed E-state index contributed by atoms with van der Waals surface area (Å²) in [4.78, 5) is -0.644. The van der Waals surface area contributed by atoms with Crippen LogP contribution in [0.5, 0.6) is 0 Å². The predicted octanol–water partition coefficient (Wildman–Crippen LogP) is 2.52. The summed E-state index contributed by atoms with van der Waals surface area (Å²) in [6.07, 6.45) is 0. The number of benzene rings is 1. The zero-order valence-corrected chi connectivity index (χ0v) is 14.2. The highest BCUT2D eigenvalue weighted by Crippen LogP contribution is 2.33. The average molecular weight is 336 g/mol. The first-order valence-corrected chi connectivity index (χ1v) is 9.22. The standard InChI is InChI=1S/C13H20O6S2/c1-8(2)10-6-11(9(3)4)13(21(17,18)19-5)7-12(10)20(14,15)16/h6-9H,1-5H3,(H,14,15,16). The van der Waals surface area contributed by atoms with Crippen molar-refractivity contribution in [2.24, 2.45) is 0 Å². The van der Waals surface area contributed by atoms with Gasteiger partial charge in [0.2, 0.25) is 0 Å². The Bertz CT molecular complexity index is 730. The molecule has 8 heteroatoms. The smallest absolute Gasteiger partial charge is 0.282 e. The van der Waals surface area contributed by atoms with Gasteiger partial charge in [-0.15, -0.1) is 0 Å². The van der Waals surface area contributed by atoms with Crippen molar-refractivity contribution in [2.75, 3.05) is 7.11 Å². The van der Waals surface area contributed by atoms with E-state index in [0.29, 0.717) is 11.1 Å². The van der Waals surface area contributed by atoms with E-state index in [1.54, 1.807) is 27.7 Å². The summed E-state index contributed by atoms with van der Waals surface area (Å²) in [5.74, 6) is -0.350. The second-order valence-corrected chi connectivity index (χ2v) is 8.40. The normalized spacial score (nSPS) is 13.1. The second kappa shape index (κ2) is 6.04. The van der Waals surface area contributed by atoms with Crippen molar-refractivity contribution in [3.8, 4) is 0 Å². The molecule has 0 radical (unpaired) electrons. The van der Waals surface area contributed by atoms with E-state index >= 15 is 0 Å². The van der Waals surface area contributed by atoms with Crippen LogP contribution in [0.25, 0.3) is 0 Å². The Morgan fingerprint density at radius 3 is 1.67 bits per heavy atom. The largest absolute Gasteiger partial charge is 0.297 e. The highest BCUT2D eigenvalue weighted by molar-refractivity contribution is 7.87. The molecule has 0 atom stereocenters. The first-order valence-electron chi connectivity index (χ1n) is 6.37. The SMILES string of the molecule is COS(=O)(=O)c1cc(S(=O)(=O)O)c(C(C)C)cc1C(C)C. The molecule has 0 saturated heterocycles. The molecule has 0 aliphatic carbocycles. The zero-order chi connectivity index (χ0) is 16.6. The van der Waals surface area contributed by atoms with Crippen LogP contribution in [0.3, 0.4) is 0 Å². The predicted molar refractivity (Wildman–Crippen MR) is 78.6 cm³/mol. The van der Waals surface area contributed by atoms with E-state index in [-0.39, 0.29) is 16.7 Å². The molecular formula is C13H20O6S2. The lowest BCUT2D eigenvalue weighted by Gasteiger charge is -2.18. The van der Waals surface area contributed by atoms with Crippen LogP contribution in [0.1, 0.15) is 50.7 Å². The maximum Gasteiger partial charge on any atom is 0.297 e. The van der Waals surface area contributed by atoms with Gasteiger partial charge in [-0.25, -0.2) is 0 Å². The Morgan fingerprint density at radius 2 is 1.33 bits per heavy atom. The molecular weight excluding hydrogens is 316 g/mol. The first-order chi connectivity index (χ1) is 9.41. The minimum Gasteiger partial charge on any atom is -0.282 e. The van der Waals surface area contributed by atoms with Gasteiger partial charge in [0, 0.05) is 0 Å². The van der Waals surface area contributed by atoms with Gasteiger partial charge in [0.1, 0.15) is 0 Å². The van der Waals surface area contributed by atoms with E-state index < -0.39 is 25.1 Å². The van der Waals surface area contributed by atoms with Gasteiger partial charge in [-0.3, -0.25) is 8.74 Å². The van der Waals surface area contributed by atoms with Gasteiger partial charge in [-0.2, -0.15) is 16.8 Å². The minimum atomic E-state index is -4.53. The maximum absolute atomic E-state index is 12.0. The van der Waals surface area contributed by atoms with E-state index in [9.17, 15) is 21.4 Å². The van der Waals surface area contributed by atoms with E-state index in [2.05, 4.69) is 4.18 Å². The molecule has 0 heterocycles. The van der Waals surface area contributed by atoms with Gasteiger partial charge in [-0.1, -0.05) is 33.8 Å². The summed E-state index contributed by atoms with van der Waals surface area (Å²) in [7, 11) is -7.60. The number of rotatable bonds is 5. The quantitative estimate of drug-likeness (QED) is 0.655. The van der Waals surface area contributed by atoms with Crippen molar-refractivity contribution in [1.82, 2.24) is 0 Å². The lowest BCUT2D eigenvalue weighted by atomic mass is 9.95. The Balaban J connectivity index is 3.90. The Hall–Kier alpha value is -0.960. The van der Waals surface area contributed by atoms with Gasteiger partial charge in [-0.05, 0) is 29.0 Å². The van der Waals surface area contributed by atoms with E-state index in [0.717, 1.165) is 13.2 Å². The summed E-state index contributed by atoms with van der Waals surface area (Å²) in [6.45, 7) is 7.11. The van der Waals surface area contributed by atoms with Gasteiger partial charge in [0.15, 0.2) is 0 Å². The highest BCUT2D eigenvalue weighted by Gasteiger charge is 2.27. The van der Waals surface area contributed by atoms with Crippen molar-refractivity contribution < 1.29 is 25.6 Å². The summed E-state index contributed by atoms with van der Waals surface area (Å²) < 4.78 is 60.9. The molecule has 6 nitrogen and oxygen atoms in total. The molecule has 21 heavy (non-hydrogen) atoms. The van der Waals surface area contributed by atoms with Crippen molar-refractivity contribution in [3.63, 3.8) is 0 Å². The van der Waals surface area contributed by atoms with Crippen LogP contribution >= 0.6 is 0 Å². The first kappa shape index (κ1) is 18.1. The molecule has 1 aromatic rings. The molecule has 0 spiro atoms. The minimum absolute atomic E-state index is 0.155. The fourth-order valence-electron chi connectivity index (χ4n) is 2.03. The molecule has 0 aliphatic heterocycles. The number of hydrogen-bond acceptors (Lipinski definition) is 5. The molecule has 0 aliphatic rings. The molecule has 0 fully saturated rings. The third kappa shape index (κ3) is 3.82. The Morgan fingerprint density at radius 1 is 0.905 bits per heavy atom. The van der Waals surface area contributed by atoms with E-state index in [1.807, 2.05) is 0 Å². The third-order valence-electron chi connectivity index (χ3n) is 3.15. The molecule has 1 N–H and O–H groups in total. The summed E-state index contributed by atoms with van der Waals surface area (Å²) in [5, 5.41) is 0. The molecule has 1 aromatic carbocycles. The average Bonchev–Trinajstić information content (AvgIpc) is 2.35. The van der Waals surface area contributed by atoms with Crippen LogP contribution in [0.2, 0.25) is 0 Å². The maximum atomic E-state index is 12.0. The van der Waals surface area contributed by atoms with Crippen LogP contribution in [0.4, 0.5) is 0 Å². The van der Waals surface area contributed by atoms with Gasteiger partial charge < -0.3 is 0 Å². The van der Waals surface area contributed by atoms with E-state index in [4.69, 9.17) is 0 Å². The highest BCUT2D eigenvalue weighted by atomic mass is 32.2. The molecule has 0 bridgehead atoms. The molecule has 1 rings (SSSR count). The fourth-order valence-corrected chi connectivity index (χ4v) is 3.99. The lowest BCUT2D eigenvalue weighted by molar-refractivity contribution is 0.396. The van der Waals surface area contributed by atoms with Crippen LogP contribution in [0.15, 0.2) is 21.9 Å². The van der Waals surface area contributed by atoms with Crippen LogP contribution < -0.4 is 0 Å². The summed E-state index contributed by atoms with van der Waals surface area (Å²) in [6, 6.07) is 2.48. The van der Waals surface area contributed by atoms with E-state index in [1.165, 1.54) is 6.07 Å². The number of hydrogen-bond donors (Lipinski definition) is 1. The fraction of sp³-hybridized carbons (Fsp3) is 0.538. The molecule has 0 saturated carbocycles. The van der Waals surface area contributed by atoms with Gasteiger partial charge >= 0.3 is 0 Å². The summed E-state index contributed by atoms with van der Waals surface area (Å²) >= 11 is 0. The van der Waals surface area contributed by atoms with Gasteiger partial charge in [0.05, 0.1) is 16.9 Å². The monoisotopic (exact) mass is 336 g/mol. The Labute approximate surface area is 126 Å². The van der Waals surface area contributed by atoms with Crippen LogP contribution in [-0.4, -0.2) is 28.5 Å². The zero-order valence-electron chi connectivity index (χ0n) is 12.6. The van der Waals surface area contributed by atoms with Gasteiger partial charge in [0.25, 0.3) is 20.2 Å². The molecule has 0 unspecified atom stereocenters. The molecule has 0 aromatic heterocycles. The topological polar surface area (TPSA) is 97.7 Å². The van der Waals surface area contributed by atoms with Crippen molar-refractivity contribution >= 4 is 20.2 Å². The third-order valence-corrected chi connectivity index (χ3v) is 5.39. The van der Waals surface area contributed by atoms with Crippen LogP contribution in [-0.2, 0) is 24.4 Å². The van der Waals surface area contributed by atoms with Crippen molar-refractivity contribution in [2.45, 2.75) is 49.3 Å². The van der Waals surface area contributed by atoms with Crippen molar-refractivity contribution in [1.29, 1.82) is 0 Å². The summed E-state index contributed by atoms with van der Waals surface area (Å²) in [5.41, 5.74) is 0.823. The second-order valence-electron chi connectivity index (χ2n) is 5.33. The van der Waals surface area contributed by atoms with Crippen molar-refractivity contribution in [3.05, 3.63) is 23.3 Å².